The van der Waals surface area contributed by atoms with Crippen molar-refractivity contribution in [3.05, 3.63) is 29.8 Å². The normalized spacial score (nSPS) is 18.6. The van der Waals surface area contributed by atoms with Crippen molar-refractivity contribution in [2.24, 2.45) is 10.9 Å². The molecule has 1 fully saturated rings. The molecular formula is C21H37IN4O. The molecule has 1 saturated heterocycles. The zero-order valence-electron chi connectivity index (χ0n) is 17.5. The van der Waals surface area contributed by atoms with Gasteiger partial charge in [-0.2, -0.15) is 0 Å². The van der Waals surface area contributed by atoms with Crippen molar-refractivity contribution < 1.29 is 4.74 Å². The number of ether oxygens (including phenoxy) is 1. The van der Waals surface area contributed by atoms with E-state index in [0.29, 0.717) is 12.5 Å². The summed E-state index contributed by atoms with van der Waals surface area (Å²) in [5.74, 6) is 2.48. The molecule has 1 aromatic rings. The number of para-hydroxylation sites is 1. The SMILES string of the molecule is CCNC(=NCc1ccccc1OC(C)(C)C)NCC1CCCN(C)C1.I. The molecular weight excluding hydrogens is 451 g/mol. The number of piperidine rings is 1. The molecule has 1 aliphatic rings. The molecule has 27 heavy (non-hydrogen) atoms. The highest BCUT2D eigenvalue weighted by Crippen LogP contribution is 2.23. The summed E-state index contributed by atoms with van der Waals surface area (Å²) in [6.45, 7) is 13.1. The summed E-state index contributed by atoms with van der Waals surface area (Å²) in [5.41, 5.74) is 0.896. The molecule has 1 aliphatic heterocycles. The molecule has 154 valence electrons. The maximum Gasteiger partial charge on any atom is 0.191 e. The third kappa shape index (κ3) is 9.14. The van der Waals surface area contributed by atoms with Gasteiger partial charge < -0.3 is 20.3 Å². The topological polar surface area (TPSA) is 48.9 Å². The lowest BCUT2D eigenvalue weighted by molar-refractivity contribution is 0.129. The number of benzene rings is 1. The fourth-order valence-electron chi connectivity index (χ4n) is 3.25. The van der Waals surface area contributed by atoms with Crippen molar-refractivity contribution >= 4 is 29.9 Å². The number of halogens is 1. The molecule has 0 aliphatic carbocycles. The van der Waals surface area contributed by atoms with Gasteiger partial charge in [0.15, 0.2) is 5.96 Å². The van der Waals surface area contributed by atoms with E-state index in [1.807, 2.05) is 18.2 Å². The van der Waals surface area contributed by atoms with E-state index in [4.69, 9.17) is 9.73 Å². The average molecular weight is 488 g/mol. The third-order valence-corrected chi connectivity index (χ3v) is 4.42. The summed E-state index contributed by atoms with van der Waals surface area (Å²) in [7, 11) is 2.21. The first-order chi connectivity index (χ1) is 12.4. The Morgan fingerprint density at radius 2 is 2.00 bits per heavy atom. The molecule has 2 rings (SSSR count). The summed E-state index contributed by atoms with van der Waals surface area (Å²) in [6, 6.07) is 8.16. The average Bonchev–Trinajstić information content (AvgIpc) is 2.57. The monoisotopic (exact) mass is 488 g/mol. The van der Waals surface area contributed by atoms with Gasteiger partial charge in [-0.25, -0.2) is 4.99 Å². The molecule has 0 amide bonds. The molecule has 6 heteroatoms. The van der Waals surface area contributed by atoms with Crippen LogP contribution in [0.3, 0.4) is 0 Å². The van der Waals surface area contributed by atoms with E-state index in [1.165, 1.54) is 19.4 Å². The van der Waals surface area contributed by atoms with Gasteiger partial charge in [0.05, 0.1) is 6.54 Å². The lowest BCUT2D eigenvalue weighted by Crippen LogP contribution is -2.43. The van der Waals surface area contributed by atoms with Crippen LogP contribution in [0.2, 0.25) is 0 Å². The fraction of sp³-hybridized carbons (Fsp3) is 0.667. The lowest BCUT2D eigenvalue weighted by Gasteiger charge is -2.30. The number of likely N-dealkylation sites (tertiary alicyclic amines) is 1. The van der Waals surface area contributed by atoms with Gasteiger partial charge in [0.1, 0.15) is 11.4 Å². The molecule has 0 bridgehead atoms. The summed E-state index contributed by atoms with van der Waals surface area (Å²) in [5, 5.41) is 6.88. The highest BCUT2D eigenvalue weighted by molar-refractivity contribution is 14.0. The van der Waals surface area contributed by atoms with Crippen molar-refractivity contribution in [1.29, 1.82) is 0 Å². The first kappa shape index (κ1) is 24.0. The van der Waals surface area contributed by atoms with E-state index in [1.54, 1.807) is 0 Å². The van der Waals surface area contributed by atoms with Crippen molar-refractivity contribution in [2.45, 2.75) is 52.7 Å². The number of nitrogens with zero attached hydrogens (tertiary/aromatic N) is 2. The highest BCUT2D eigenvalue weighted by Gasteiger charge is 2.17. The van der Waals surface area contributed by atoms with Crippen LogP contribution in [0.5, 0.6) is 5.75 Å². The van der Waals surface area contributed by atoms with Crippen LogP contribution in [0.15, 0.2) is 29.3 Å². The van der Waals surface area contributed by atoms with Crippen molar-refractivity contribution in [1.82, 2.24) is 15.5 Å². The lowest BCUT2D eigenvalue weighted by atomic mass is 9.99. The van der Waals surface area contributed by atoms with Gasteiger partial charge in [0, 0.05) is 25.2 Å². The van der Waals surface area contributed by atoms with Crippen LogP contribution in [-0.4, -0.2) is 49.7 Å². The van der Waals surface area contributed by atoms with Gasteiger partial charge in [0.2, 0.25) is 0 Å². The molecule has 0 saturated carbocycles. The van der Waals surface area contributed by atoms with Crippen LogP contribution in [0.4, 0.5) is 0 Å². The van der Waals surface area contributed by atoms with E-state index in [-0.39, 0.29) is 29.6 Å². The van der Waals surface area contributed by atoms with Crippen molar-refractivity contribution in [3.63, 3.8) is 0 Å². The smallest absolute Gasteiger partial charge is 0.191 e. The van der Waals surface area contributed by atoms with Gasteiger partial charge in [-0.15, -0.1) is 24.0 Å². The Balaban J connectivity index is 0.00000364. The minimum atomic E-state index is -0.213. The Labute approximate surface area is 182 Å². The van der Waals surface area contributed by atoms with Gasteiger partial charge in [0.25, 0.3) is 0 Å². The zero-order valence-corrected chi connectivity index (χ0v) is 19.9. The van der Waals surface area contributed by atoms with E-state index in [2.05, 4.69) is 56.3 Å². The zero-order chi connectivity index (χ0) is 19.0. The predicted molar refractivity (Wildman–Crippen MR) is 125 cm³/mol. The first-order valence-corrected chi connectivity index (χ1v) is 9.85. The van der Waals surface area contributed by atoms with Crippen molar-refractivity contribution in [2.75, 3.05) is 33.2 Å². The number of guanidine groups is 1. The number of hydrogen-bond acceptors (Lipinski definition) is 3. The van der Waals surface area contributed by atoms with Crippen molar-refractivity contribution in [3.8, 4) is 5.75 Å². The van der Waals surface area contributed by atoms with Crippen LogP contribution in [0, 0.1) is 5.92 Å². The Bertz CT molecular complexity index is 586. The number of aliphatic imine (C=N–C) groups is 1. The van der Waals surface area contributed by atoms with E-state index < -0.39 is 0 Å². The fourth-order valence-corrected chi connectivity index (χ4v) is 3.25. The second-order valence-corrected chi connectivity index (χ2v) is 8.17. The standard InChI is InChI=1S/C21H36N4O.HI/c1-6-22-20(23-14-17-10-9-13-25(5)16-17)24-15-18-11-7-8-12-19(18)26-21(2,3)4;/h7-8,11-12,17H,6,9-10,13-16H2,1-5H3,(H2,22,23,24);1H. The Kier molecular flexibility index (Phi) is 10.4. The molecule has 0 spiro atoms. The molecule has 1 unspecified atom stereocenters. The molecule has 1 aromatic carbocycles. The number of hydrogen-bond donors (Lipinski definition) is 2. The van der Waals surface area contributed by atoms with Gasteiger partial charge in [-0.1, -0.05) is 18.2 Å². The molecule has 0 radical (unpaired) electrons. The summed E-state index contributed by atoms with van der Waals surface area (Å²) >= 11 is 0. The molecule has 0 aromatic heterocycles. The largest absolute Gasteiger partial charge is 0.488 e. The van der Waals surface area contributed by atoms with Crippen LogP contribution in [0.1, 0.15) is 46.1 Å². The molecule has 2 N–H and O–H groups in total. The second kappa shape index (κ2) is 11.7. The van der Waals surface area contributed by atoms with Crippen LogP contribution in [-0.2, 0) is 6.54 Å². The van der Waals surface area contributed by atoms with Crippen LogP contribution < -0.4 is 15.4 Å². The minimum Gasteiger partial charge on any atom is -0.488 e. The summed E-state index contributed by atoms with van der Waals surface area (Å²) < 4.78 is 6.08. The Morgan fingerprint density at radius 3 is 2.67 bits per heavy atom. The van der Waals surface area contributed by atoms with E-state index >= 15 is 0 Å². The Morgan fingerprint density at radius 1 is 1.26 bits per heavy atom. The van der Waals surface area contributed by atoms with E-state index in [9.17, 15) is 0 Å². The molecule has 5 nitrogen and oxygen atoms in total. The Hall–Kier alpha value is -1.02. The summed E-state index contributed by atoms with van der Waals surface area (Å²) in [6.07, 6.45) is 2.58. The predicted octanol–water partition coefficient (Wildman–Crippen LogP) is 3.88. The molecule has 1 atom stereocenters. The second-order valence-electron chi connectivity index (χ2n) is 8.17. The quantitative estimate of drug-likeness (QED) is 0.363. The minimum absolute atomic E-state index is 0. The highest BCUT2D eigenvalue weighted by atomic mass is 127. The van der Waals surface area contributed by atoms with Crippen LogP contribution in [0.25, 0.3) is 0 Å². The van der Waals surface area contributed by atoms with E-state index in [0.717, 1.165) is 36.9 Å². The number of nitrogens with one attached hydrogen (secondary N) is 2. The van der Waals surface area contributed by atoms with Gasteiger partial charge in [-0.05, 0) is 66.1 Å². The number of rotatable bonds is 6. The molecule has 1 heterocycles. The van der Waals surface area contributed by atoms with Gasteiger partial charge >= 0.3 is 0 Å². The van der Waals surface area contributed by atoms with Gasteiger partial charge in [-0.3, -0.25) is 0 Å². The van der Waals surface area contributed by atoms with Crippen LogP contribution >= 0.6 is 24.0 Å². The third-order valence-electron chi connectivity index (χ3n) is 4.42. The maximum atomic E-state index is 6.08. The first-order valence-electron chi connectivity index (χ1n) is 9.85. The summed E-state index contributed by atoms with van der Waals surface area (Å²) in [4.78, 5) is 7.20. The maximum absolute atomic E-state index is 6.08.